The van der Waals surface area contributed by atoms with E-state index in [0.29, 0.717) is 0 Å². The highest BCUT2D eigenvalue weighted by molar-refractivity contribution is 5.06. The first-order valence-corrected chi connectivity index (χ1v) is 5.56. The average molecular weight is 164 g/mol. The molecule has 1 saturated carbocycles. The van der Waals surface area contributed by atoms with Gasteiger partial charge in [-0.05, 0) is 37.0 Å². The molecule has 0 spiro atoms. The molecule has 2 rings (SSSR count). The maximum atomic E-state index is 2.42. The van der Waals surface area contributed by atoms with Crippen molar-refractivity contribution in [1.82, 2.24) is 0 Å². The molecule has 0 saturated heterocycles. The van der Waals surface area contributed by atoms with Gasteiger partial charge in [-0.3, -0.25) is 0 Å². The van der Waals surface area contributed by atoms with Gasteiger partial charge < -0.3 is 0 Å². The molecule has 0 amide bonds. The van der Waals surface area contributed by atoms with Gasteiger partial charge in [-0.25, -0.2) is 0 Å². The van der Waals surface area contributed by atoms with Crippen molar-refractivity contribution in [1.29, 1.82) is 0 Å². The summed E-state index contributed by atoms with van der Waals surface area (Å²) in [5.41, 5.74) is 0. The Morgan fingerprint density at radius 2 is 2.08 bits per heavy atom. The first-order valence-electron chi connectivity index (χ1n) is 5.56. The summed E-state index contributed by atoms with van der Waals surface area (Å²) >= 11 is 0. The van der Waals surface area contributed by atoms with Gasteiger partial charge in [0.15, 0.2) is 0 Å². The van der Waals surface area contributed by atoms with Crippen LogP contribution in [0.4, 0.5) is 0 Å². The van der Waals surface area contributed by atoms with Crippen molar-refractivity contribution < 1.29 is 0 Å². The van der Waals surface area contributed by atoms with Crippen LogP contribution < -0.4 is 0 Å². The Balaban J connectivity index is 1.60. The summed E-state index contributed by atoms with van der Waals surface area (Å²) < 4.78 is 0. The van der Waals surface area contributed by atoms with E-state index in [1.165, 1.54) is 38.5 Å². The number of hydrogen-bond donors (Lipinski definition) is 0. The highest BCUT2D eigenvalue weighted by Crippen LogP contribution is 2.45. The molecule has 0 aromatic heterocycles. The summed E-state index contributed by atoms with van der Waals surface area (Å²) in [7, 11) is 0. The van der Waals surface area contributed by atoms with Crippen LogP contribution in [0.25, 0.3) is 0 Å². The molecule has 0 N–H and O–H groups in total. The van der Waals surface area contributed by atoms with Crippen LogP contribution in [0.15, 0.2) is 12.2 Å². The van der Waals surface area contributed by atoms with Gasteiger partial charge in [-0.2, -0.15) is 0 Å². The summed E-state index contributed by atoms with van der Waals surface area (Å²) in [4.78, 5) is 0. The molecular weight excluding hydrogens is 144 g/mol. The molecule has 0 bridgehead atoms. The van der Waals surface area contributed by atoms with Gasteiger partial charge in [-0.15, -0.1) is 0 Å². The van der Waals surface area contributed by atoms with E-state index >= 15 is 0 Å². The van der Waals surface area contributed by atoms with Gasteiger partial charge >= 0.3 is 0 Å². The molecule has 0 radical (unpaired) electrons. The molecular formula is C12H20. The van der Waals surface area contributed by atoms with Crippen LogP contribution in [0, 0.1) is 17.8 Å². The normalized spacial score (nSPS) is 38.9. The number of allylic oxidation sites excluding steroid dienone is 2. The number of rotatable bonds is 4. The summed E-state index contributed by atoms with van der Waals surface area (Å²) in [5, 5.41) is 0. The van der Waals surface area contributed by atoms with E-state index in [2.05, 4.69) is 19.1 Å². The highest BCUT2D eigenvalue weighted by atomic mass is 14.4. The van der Waals surface area contributed by atoms with Crippen LogP contribution in [-0.4, -0.2) is 0 Å². The molecule has 0 heterocycles. The molecule has 2 aliphatic rings. The quantitative estimate of drug-likeness (QED) is 0.555. The zero-order valence-electron chi connectivity index (χ0n) is 8.13. The monoisotopic (exact) mass is 164 g/mol. The predicted molar refractivity (Wildman–Crippen MR) is 53.0 cm³/mol. The van der Waals surface area contributed by atoms with E-state index in [1.807, 2.05) is 0 Å². The zero-order chi connectivity index (χ0) is 8.39. The Morgan fingerprint density at radius 1 is 1.33 bits per heavy atom. The van der Waals surface area contributed by atoms with Crippen LogP contribution in [-0.2, 0) is 0 Å². The lowest BCUT2D eigenvalue weighted by atomic mass is 9.64. The molecule has 0 aliphatic heterocycles. The Bertz CT molecular complexity index is 163. The molecule has 0 aromatic rings. The molecule has 68 valence electrons. The Kier molecular flexibility index (Phi) is 2.53. The molecule has 1 fully saturated rings. The minimum Gasteiger partial charge on any atom is -0.0876 e. The maximum absolute atomic E-state index is 2.42. The largest absolute Gasteiger partial charge is 0.0876 e. The first-order chi connectivity index (χ1) is 5.90. The summed E-state index contributed by atoms with van der Waals surface area (Å²) in [5.74, 6) is 3.17. The standard InChI is InChI=1S/C12H20/c1-2-3-5-10-8-12(9-10)11-6-4-7-11/h4,6,10-12H,2-3,5,7-9H2,1H3. The lowest BCUT2D eigenvalue weighted by molar-refractivity contribution is 0.129. The first kappa shape index (κ1) is 8.34. The zero-order valence-corrected chi connectivity index (χ0v) is 8.13. The van der Waals surface area contributed by atoms with Crippen molar-refractivity contribution in [3.63, 3.8) is 0 Å². The van der Waals surface area contributed by atoms with Crippen LogP contribution in [0.1, 0.15) is 45.4 Å². The molecule has 1 unspecified atom stereocenters. The lowest BCUT2D eigenvalue weighted by Crippen LogP contribution is -2.31. The third-order valence-electron chi connectivity index (χ3n) is 3.64. The van der Waals surface area contributed by atoms with Crippen LogP contribution >= 0.6 is 0 Å². The van der Waals surface area contributed by atoms with Crippen molar-refractivity contribution in [2.45, 2.75) is 45.4 Å². The molecule has 0 heteroatoms. The second-order valence-corrected chi connectivity index (χ2v) is 4.57. The highest BCUT2D eigenvalue weighted by Gasteiger charge is 2.34. The lowest BCUT2D eigenvalue weighted by Gasteiger charge is -2.41. The minimum atomic E-state index is 0.989. The minimum absolute atomic E-state index is 0.989. The van der Waals surface area contributed by atoms with Gasteiger partial charge in [0.25, 0.3) is 0 Å². The van der Waals surface area contributed by atoms with Crippen LogP contribution in [0.3, 0.4) is 0 Å². The fourth-order valence-corrected chi connectivity index (χ4v) is 2.51. The van der Waals surface area contributed by atoms with Crippen molar-refractivity contribution in [2.24, 2.45) is 17.8 Å². The fraction of sp³-hybridized carbons (Fsp3) is 0.833. The van der Waals surface area contributed by atoms with Crippen molar-refractivity contribution in [3.05, 3.63) is 12.2 Å². The van der Waals surface area contributed by atoms with E-state index in [0.717, 1.165) is 17.8 Å². The second kappa shape index (κ2) is 3.64. The number of hydrogen-bond acceptors (Lipinski definition) is 0. The van der Waals surface area contributed by atoms with Crippen molar-refractivity contribution in [2.75, 3.05) is 0 Å². The third-order valence-corrected chi connectivity index (χ3v) is 3.64. The Morgan fingerprint density at radius 3 is 2.58 bits per heavy atom. The topological polar surface area (TPSA) is 0 Å². The Hall–Kier alpha value is -0.260. The van der Waals surface area contributed by atoms with Gasteiger partial charge in [0.05, 0.1) is 0 Å². The molecule has 2 aliphatic carbocycles. The van der Waals surface area contributed by atoms with E-state index in [1.54, 1.807) is 0 Å². The second-order valence-electron chi connectivity index (χ2n) is 4.57. The van der Waals surface area contributed by atoms with Gasteiger partial charge in [0, 0.05) is 0 Å². The number of unbranched alkanes of at least 4 members (excludes halogenated alkanes) is 1. The SMILES string of the molecule is CCCCC1CC(C2C=CC2)C1. The summed E-state index contributed by atoms with van der Waals surface area (Å²) in [6, 6.07) is 0. The van der Waals surface area contributed by atoms with E-state index < -0.39 is 0 Å². The summed E-state index contributed by atoms with van der Waals surface area (Å²) in [6.45, 7) is 2.30. The van der Waals surface area contributed by atoms with Gasteiger partial charge in [0.2, 0.25) is 0 Å². The van der Waals surface area contributed by atoms with Crippen molar-refractivity contribution in [3.8, 4) is 0 Å². The van der Waals surface area contributed by atoms with Crippen LogP contribution in [0.5, 0.6) is 0 Å². The predicted octanol–water partition coefficient (Wildman–Crippen LogP) is 3.78. The molecule has 1 atom stereocenters. The fourth-order valence-electron chi connectivity index (χ4n) is 2.51. The van der Waals surface area contributed by atoms with Crippen molar-refractivity contribution >= 4 is 0 Å². The summed E-state index contributed by atoms with van der Waals surface area (Å²) in [6.07, 6.45) is 13.5. The Labute approximate surface area is 76.1 Å². The van der Waals surface area contributed by atoms with Crippen LogP contribution in [0.2, 0.25) is 0 Å². The van der Waals surface area contributed by atoms with Gasteiger partial charge in [-0.1, -0.05) is 38.3 Å². The molecule has 0 nitrogen and oxygen atoms in total. The maximum Gasteiger partial charge on any atom is -0.0170 e. The third kappa shape index (κ3) is 1.57. The van der Waals surface area contributed by atoms with E-state index in [4.69, 9.17) is 0 Å². The smallest absolute Gasteiger partial charge is 0.0170 e. The van der Waals surface area contributed by atoms with E-state index in [-0.39, 0.29) is 0 Å². The molecule has 0 aromatic carbocycles. The van der Waals surface area contributed by atoms with E-state index in [9.17, 15) is 0 Å². The average Bonchev–Trinajstić information content (AvgIpc) is 1.89. The molecule has 12 heavy (non-hydrogen) atoms. The van der Waals surface area contributed by atoms with Gasteiger partial charge in [0.1, 0.15) is 0 Å².